The van der Waals surface area contributed by atoms with Crippen molar-refractivity contribution in [2.24, 2.45) is 5.10 Å². The van der Waals surface area contributed by atoms with Crippen LogP contribution in [0.2, 0.25) is 0 Å². The van der Waals surface area contributed by atoms with Crippen molar-refractivity contribution >= 4 is 29.0 Å². The topological polar surface area (TPSA) is 76.5 Å². The largest absolute Gasteiger partial charge is 0.543 e. The molecule has 0 saturated heterocycles. The van der Waals surface area contributed by atoms with Crippen LogP contribution in [0, 0.1) is 0 Å². The normalized spacial score (nSPS) is 10.7. The van der Waals surface area contributed by atoms with Gasteiger partial charge in [0.2, 0.25) is 0 Å². The third-order valence-electron chi connectivity index (χ3n) is 0.958. The minimum Gasteiger partial charge on any atom is -0.543 e. The average Bonchev–Trinajstić information content (AvgIpc) is 2.00. The number of thiocarbonyl (C=S) groups is 1. The van der Waals surface area contributed by atoms with Crippen LogP contribution in [-0.4, -0.2) is 23.3 Å². The lowest BCUT2D eigenvalue weighted by Crippen LogP contribution is -2.35. The molecule has 0 aliphatic rings. The maximum absolute atomic E-state index is 10.1. The van der Waals surface area contributed by atoms with Gasteiger partial charge >= 0.3 is 0 Å². The molecule has 0 aliphatic heterocycles. The summed E-state index contributed by atoms with van der Waals surface area (Å²) in [5.41, 5.74) is 2.21. The van der Waals surface area contributed by atoms with Crippen molar-refractivity contribution in [3.63, 3.8) is 0 Å². The second-order valence-corrected chi connectivity index (χ2v) is 2.36. The molecule has 0 saturated carbocycles. The monoisotopic (exact) mass is 188 g/mol. The Bertz CT molecular complexity index is 215. The summed E-state index contributed by atoms with van der Waals surface area (Å²) in [5, 5.41) is 16.6. The first-order valence-electron chi connectivity index (χ1n) is 3.37. The van der Waals surface area contributed by atoms with Gasteiger partial charge in [-0.05, 0) is 26.1 Å². The molecule has 6 heteroatoms. The van der Waals surface area contributed by atoms with Crippen LogP contribution in [0.15, 0.2) is 5.10 Å². The SMILES string of the molecule is CCNC(=S)N/N=C(/C)C(=O)[O-]. The molecular weight excluding hydrogens is 178 g/mol. The molecule has 0 aliphatic carbocycles. The Morgan fingerprint density at radius 3 is 2.67 bits per heavy atom. The molecule has 0 amide bonds. The first-order chi connectivity index (χ1) is 5.57. The van der Waals surface area contributed by atoms with E-state index in [0.29, 0.717) is 6.54 Å². The van der Waals surface area contributed by atoms with Crippen LogP contribution in [-0.2, 0) is 4.79 Å². The second kappa shape index (κ2) is 5.48. The smallest absolute Gasteiger partial charge is 0.186 e. The van der Waals surface area contributed by atoms with Gasteiger partial charge in [0, 0.05) is 6.54 Å². The standard InChI is InChI=1S/C6H11N3O2S/c1-3-7-6(12)9-8-4(2)5(10)11/h3H2,1-2H3,(H,10,11)(H2,7,9,12)/p-1/b8-4-. The van der Waals surface area contributed by atoms with Gasteiger partial charge in [-0.2, -0.15) is 5.10 Å². The summed E-state index contributed by atoms with van der Waals surface area (Å²) in [7, 11) is 0. The van der Waals surface area contributed by atoms with Gasteiger partial charge in [0.15, 0.2) is 5.11 Å². The van der Waals surface area contributed by atoms with Crippen molar-refractivity contribution in [3.05, 3.63) is 0 Å². The van der Waals surface area contributed by atoms with Gasteiger partial charge in [-0.25, -0.2) is 0 Å². The Morgan fingerprint density at radius 1 is 1.67 bits per heavy atom. The highest BCUT2D eigenvalue weighted by atomic mass is 32.1. The summed E-state index contributed by atoms with van der Waals surface area (Å²) in [5.74, 6) is -1.32. The molecule has 5 nitrogen and oxygen atoms in total. The molecule has 0 aromatic heterocycles. The number of hydrogen-bond donors (Lipinski definition) is 2. The summed E-state index contributed by atoms with van der Waals surface area (Å²) < 4.78 is 0. The van der Waals surface area contributed by atoms with Crippen LogP contribution in [0.5, 0.6) is 0 Å². The molecule has 0 bridgehead atoms. The Morgan fingerprint density at radius 2 is 2.25 bits per heavy atom. The zero-order valence-electron chi connectivity index (χ0n) is 6.88. The van der Waals surface area contributed by atoms with Crippen molar-refractivity contribution in [3.8, 4) is 0 Å². The highest BCUT2D eigenvalue weighted by Gasteiger charge is 1.92. The minimum absolute atomic E-state index is 0.143. The summed E-state index contributed by atoms with van der Waals surface area (Å²) in [6.07, 6.45) is 0. The maximum atomic E-state index is 10.1. The molecule has 0 spiro atoms. The van der Waals surface area contributed by atoms with Gasteiger partial charge in [0.1, 0.15) is 0 Å². The van der Waals surface area contributed by atoms with Crippen molar-refractivity contribution in [2.75, 3.05) is 6.54 Å². The maximum Gasteiger partial charge on any atom is 0.186 e. The molecule has 2 N–H and O–H groups in total. The molecule has 0 aromatic carbocycles. The number of hydrogen-bond acceptors (Lipinski definition) is 4. The van der Waals surface area contributed by atoms with Gasteiger partial charge < -0.3 is 15.2 Å². The molecule has 0 heterocycles. The number of aliphatic carboxylic acids is 1. The van der Waals surface area contributed by atoms with Crippen LogP contribution in [0.25, 0.3) is 0 Å². The van der Waals surface area contributed by atoms with Crippen LogP contribution < -0.4 is 15.8 Å². The molecule has 0 fully saturated rings. The predicted molar refractivity (Wildman–Crippen MR) is 47.5 cm³/mol. The summed E-state index contributed by atoms with van der Waals surface area (Å²) in [6, 6.07) is 0. The van der Waals surface area contributed by atoms with E-state index in [1.165, 1.54) is 6.92 Å². The zero-order chi connectivity index (χ0) is 9.56. The molecule has 0 radical (unpaired) electrons. The van der Waals surface area contributed by atoms with Crippen molar-refractivity contribution in [2.45, 2.75) is 13.8 Å². The number of carboxylic acid groups (broad SMARTS) is 1. The van der Waals surface area contributed by atoms with Gasteiger partial charge in [-0.1, -0.05) is 0 Å². The molecular formula is C6H10N3O2S-. The van der Waals surface area contributed by atoms with Crippen LogP contribution >= 0.6 is 12.2 Å². The fraction of sp³-hybridized carbons (Fsp3) is 0.500. The lowest BCUT2D eigenvalue weighted by atomic mass is 10.4. The number of carbonyl (C=O) groups excluding carboxylic acids is 1. The van der Waals surface area contributed by atoms with E-state index in [9.17, 15) is 9.90 Å². The third-order valence-corrected chi connectivity index (χ3v) is 1.19. The molecule has 0 rings (SSSR count). The molecule has 12 heavy (non-hydrogen) atoms. The number of carbonyl (C=O) groups is 1. The van der Waals surface area contributed by atoms with E-state index in [2.05, 4.69) is 15.8 Å². The zero-order valence-corrected chi connectivity index (χ0v) is 7.70. The van der Waals surface area contributed by atoms with Crippen LogP contribution in [0.1, 0.15) is 13.8 Å². The van der Waals surface area contributed by atoms with E-state index in [1.54, 1.807) is 0 Å². The minimum atomic E-state index is -1.32. The van der Waals surface area contributed by atoms with Crippen LogP contribution in [0.4, 0.5) is 0 Å². The lowest BCUT2D eigenvalue weighted by Gasteiger charge is -2.05. The molecule has 0 unspecified atom stereocenters. The van der Waals surface area contributed by atoms with Gasteiger partial charge in [-0.3, -0.25) is 5.43 Å². The third kappa shape index (κ3) is 4.62. The van der Waals surface area contributed by atoms with E-state index in [4.69, 9.17) is 12.2 Å². The molecule has 68 valence electrons. The first kappa shape index (κ1) is 10.8. The molecule has 0 aromatic rings. The van der Waals surface area contributed by atoms with E-state index in [-0.39, 0.29) is 10.8 Å². The van der Waals surface area contributed by atoms with E-state index in [1.807, 2.05) is 6.92 Å². The fourth-order valence-electron chi connectivity index (χ4n) is 0.380. The number of carboxylic acids is 1. The van der Waals surface area contributed by atoms with Gasteiger partial charge in [0.25, 0.3) is 0 Å². The first-order valence-corrected chi connectivity index (χ1v) is 3.78. The lowest BCUT2D eigenvalue weighted by molar-refractivity contribution is -0.294. The van der Waals surface area contributed by atoms with Crippen molar-refractivity contribution in [1.29, 1.82) is 0 Å². The number of rotatable bonds is 3. The second-order valence-electron chi connectivity index (χ2n) is 1.96. The Hall–Kier alpha value is -1.17. The van der Waals surface area contributed by atoms with E-state index in [0.717, 1.165) is 0 Å². The Kier molecular flexibility index (Phi) is 4.94. The quantitative estimate of drug-likeness (QED) is 0.323. The van der Waals surface area contributed by atoms with Gasteiger partial charge in [0.05, 0.1) is 11.7 Å². The van der Waals surface area contributed by atoms with E-state index >= 15 is 0 Å². The summed E-state index contributed by atoms with van der Waals surface area (Å²) in [6.45, 7) is 3.84. The fourth-order valence-corrected chi connectivity index (χ4v) is 0.570. The number of nitrogens with one attached hydrogen (secondary N) is 2. The van der Waals surface area contributed by atoms with Crippen LogP contribution in [0.3, 0.4) is 0 Å². The number of nitrogens with zero attached hydrogens (tertiary/aromatic N) is 1. The van der Waals surface area contributed by atoms with Crippen molar-refractivity contribution in [1.82, 2.24) is 10.7 Å². The highest BCUT2D eigenvalue weighted by Crippen LogP contribution is 1.72. The highest BCUT2D eigenvalue weighted by molar-refractivity contribution is 7.80. The molecule has 0 atom stereocenters. The summed E-state index contributed by atoms with van der Waals surface area (Å²) >= 11 is 4.72. The van der Waals surface area contributed by atoms with Crippen molar-refractivity contribution < 1.29 is 9.90 Å². The summed E-state index contributed by atoms with van der Waals surface area (Å²) in [4.78, 5) is 10.1. The average molecular weight is 188 g/mol. The Labute approximate surface area is 75.8 Å². The van der Waals surface area contributed by atoms with E-state index < -0.39 is 5.97 Å². The van der Waals surface area contributed by atoms with Gasteiger partial charge in [-0.15, -0.1) is 0 Å². The predicted octanol–water partition coefficient (Wildman–Crippen LogP) is -1.40. The number of hydrazone groups is 1. The Balaban J connectivity index is 3.87.